The minimum atomic E-state index is -0.643. The number of anilines is 1. The van der Waals surface area contributed by atoms with Crippen molar-refractivity contribution in [2.45, 2.75) is 32.4 Å². The average molecular weight is 310 g/mol. The van der Waals surface area contributed by atoms with Gasteiger partial charge in [0.2, 0.25) is 5.91 Å². The fraction of sp³-hybridized carbons (Fsp3) is 0.467. The number of amides is 2. The molecule has 116 valence electrons. The number of rotatable bonds is 5. The maximum Gasteiger partial charge on any atom is 0.408 e. The molecule has 21 heavy (non-hydrogen) atoms. The number of carbonyl (C=O) groups is 2. The first-order chi connectivity index (χ1) is 9.81. The molecule has 0 fully saturated rings. The highest BCUT2D eigenvalue weighted by atomic mass is 32.2. The molecular formula is C15H22N2O3S. The highest BCUT2D eigenvalue weighted by Gasteiger charge is 2.24. The molecule has 1 rings (SSSR count). The third kappa shape index (κ3) is 7.04. The number of carbonyl (C=O) groups excluding carboxylic acids is 2. The zero-order valence-corrected chi connectivity index (χ0v) is 13.6. The number of para-hydroxylation sites is 1. The molecule has 5 nitrogen and oxygen atoms in total. The summed E-state index contributed by atoms with van der Waals surface area (Å²) in [6, 6.07) is 8.48. The molecule has 1 atom stereocenters. The first kappa shape index (κ1) is 17.4. The SMILES string of the molecule is CSC[C@H](NC(=O)OC(C)(C)C)C(=O)Nc1ccccc1. The second kappa shape index (κ2) is 7.93. The van der Waals surface area contributed by atoms with Crippen molar-refractivity contribution in [2.24, 2.45) is 0 Å². The molecule has 0 saturated heterocycles. The monoisotopic (exact) mass is 310 g/mol. The van der Waals surface area contributed by atoms with Gasteiger partial charge >= 0.3 is 6.09 Å². The quantitative estimate of drug-likeness (QED) is 0.877. The van der Waals surface area contributed by atoms with Crippen LogP contribution in [0.5, 0.6) is 0 Å². The third-order valence-electron chi connectivity index (χ3n) is 2.38. The number of thioether (sulfide) groups is 1. The molecule has 6 heteroatoms. The van der Waals surface area contributed by atoms with Gasteiger partial charge in [-0.2, -0.15) is 11.8 Å². The van der Waals surface area contributed by atoms with Crippen LogP contribution >= 0.6 is 11.8 Å². The fourth-order valence-electron chi connectivity index (χ4n) is 1.55. The van der Waals surface area contributed by atoms with Gasteiger partial charge in [0, 0.05) is 11.4 Å². The second-order valence-corrected chi connectivity index (χ2v) is 6.42. The lowest BCUT2D eigenvalue weighted by molar-refractivity contribution is -0.117. The van der Waals surface area contributed by atoms with Crippen molar-refractivity contribution in [3.63, 3.8) is 0 Å². The lowest BCUT2D eigenvalue weighted by Gasteiger charge is -2.23. The zero-order valence-electron chi connectivity index (χ0n) is 12.8. The smallest absolute Gasteiger partial charge is 0.408 e. The van der Waals surface area contributed by atoms with Gasteiger partial charge in [-0.05, 0) is 39.2 Å². The van der Waals surface area contributed by atoms with E-state index in [-0.39, 0.29) is 5.91 Å². The highest BCUT2D eigenvalue weighted by molar-refractivity contribution is 7.98. The van der Waals surface area contributed by atoms with E-state index in [1.54, 1.807) is 32.9 Å². The Labute approximate surface area is 129 Å². The first-order valence-electron chi connectivity index (χ1n) is 6.66. The van der Waals surface area contributed by atoms with Gasteiger partial charge in [-0.15, -0.1) is 0 Å². The molecule has 2 N–H and O–H groups in total. The van der Waals surface area contributed by atoms with Crippen LogP contribution in [0.25, 0.3) is 0 Å². The van der Waals surface area contributed by atoms with Gasteiger partial charge in [0.05, 0.1) is 0 Å². The van der Waals surface area contributed by atoms with Crippen LogP contribution in [-0.2, 0) is 9.53 Å². The van der Waals surface area contributed by atoms with Crippen LogP contribution in [0.15, 0.2) is 30.3 Å². The largest absolute Gasteiger partial charge is 0.444 e. The molecular weight excluding hydrogens is 288 g/mol. The summed E-state index contributed by atoms with van der Waals surface area (Å²) in [5.74, 6) is 0.208. The molecule has 0 spiro atoms. The summed E-state index contributed by atoms with van der Waals surface area (Å²) in [6.07, 6.45) is 1.28. The summed E-state index contributed by atoms with van der Waals surface area (Å²) < 4.78 is 5.18. The summed E-state index contributed by atoms with van der Waals surface area (Å²) >= 11 is 1.48. The van der Waals surface area contributed by atoms with Crippen LogP contribution in [0.1, 0.15) is 20.8 Å². The van der Waals surface area contributed by atoms with Crippen molar-refractivity contribution in [1.82, 2.24) is 5.32 Å². The van der Waals surface area contributed by atoms with E-state index < -0.39 is 17.7 Å². The maximum absolute atomic E-state index is 12.2. The molecule has 0 saturated carbocycles. The fourth-order valence-corrected chi connectivity index (χ4v) is 2.12. The Bertz CT molecular complexity index is 472. The average Bonchev–Trinajstić information content (AvgIpc) is 2.37. The normalized spacial score (nSPS) is 12.4. The molecule has 0 aliphatic rings. The van der Waals surface area contributed by atoms with Crippen LogP contribution in [0.3, 0.4) is 0 Å². The van der Waals surface area contributed by atoms with Crippen molar-refractivity contribution in [3.8, 4) is 0 Å². The summed E-state index contributed by atoms with van der Waals surface area (Å²) in [6.45, 7) is 5.33. The lowest BCUT2D eigenvalue weighted by atomic mass is 10.2. The van der Waals surface area contributed by atoms with E-state index in [0.717, 1.165) is 0 Å². The van der Waals surface area contributed by atoms with E-state index in [4.69, 9.17) is 4.74 Å². The Morgan fingerprint density at radius 1 is 1.24 bits per heavy atom. The van der Waals surface area contributed by atoms with Gasteiger partial charge in [-0.25, -0.2) is 4.79 Å². The molecule has 1 aromatic carbocycles. The molecule has 0 aliphatic heterocycles. The molecule has 0 aromatic heterocycles. The first-order valence-corrected chi connectivity index (χ1v) is 8.05. The number of alkyl carbamates (subject to hydrolysis) is 1. The van der Waals surface area contributed by atoms with E-state index in [2.05, 4.69) is 10.6 Å². The van der Waals surface area contributed by atoms with E-state index in [1.807, 2.05) is 24.5 Å². The number of benzene rings is 1. The van der Waals surface area contributed by atoms with Gasteiger partial charge < -0.3 is 15.4 Å². The minimum absolute atomic E-state index is 0.263. The van der Waals surface area contributed by atoms with E-state index >= 15 is 0 Å². The number of ether oxygens (including phenoxy) is 1. The molecule has 2 amide bonds. The standard InChI is InChI=1S/C15H22N2O3S/c1-15(2,3)20-14(19)17-12(10-21-4)13(18)16-11-8-6-5-7-9-11/h5-9,12H,10H2,1-4H3,(H,16,18)(H,17,19)/t12-/m0/s1. The van der Waals surface area contributed by atoms with Gasteiger partial charge in [0.25, 0.3) is 0 Å². The van der Waals surface area contributed by atoms with Crippen molar-refractivity contribution < 1.29 is 14.3 Å². The van der Waals surface area contributed by atoms with E-state index in [1.165, 1.54) is 11.8 Å². The molecule has 0 radical (unpaired) electrons. The molecule has 1 aromatic rings. The van der Waals surface area contributed by atoms with Gasteiger partial charge in [-0.3, -0.25) is 4.79 Å². The summed E-state index contributed by atoms with van der Waals surface area (Å²) in [7, 11) is 0. The van der Waals surface area contributed by atoms with Crippen molar-refractivity contribution >= 4 is 29.4 Å². The van der Waals surface area contributed by atoms with Crippen LogP contribution in [0, 0.1) is 0 Å². The molecule has 0 aliphatic carbocycles. The number of nitrogens with one attached hydrogen (secondary N) is 2. The Hall–Kier alpha value is -1.69. The summed E-state index contributed by atoms with van der Waals surface area (Å²) in [5.41, 5.74) is 0.101. The van der Waals surface area contributed by atoms with Crippen LogP contribution in [0.2, 0.25) is 0 Å². The van der Waals surface area contributed by atoms with Crippen molar-refractivity contribution in [1.29, 1.82) is 0 Å². The van der Waals surface area contributed by atoms with E-state index in [0.29, 0.717) is 11.4 Å². The Morgan fingerprint density at radius 2 is 1.86 bits per heavy atom. The second-order valence-electron chi connectivity index (χ2n) is 5.51. The summed E-state index contributed by atoms with van der Waals surface area (Å²) in [5, 5.41) is 5.37. The van der Waals surface area contributed by atoms with Gasteiger partial charge in [0.15, 0.2) is 0 Å². The maximum atomic E-state index is 12.2. The van der Waals surface area contributed by atoms with Crippen molar-refractivity contribution in [3.05, 3.63) is 30.3 Å². The molecule has 0 heterocycles. The van der Waals surface area contributed by atoms with Gasteiger partial charge in [-0.1, -0.05) is 18.2 Å². The lowest BCUT2D eigenvalue weighted by Crippen LogP contribution is -2.47. The molecule has 0 unspecified atom stereocenters. The predicted molar refractivity (Wildman–Crippen MR) is 86.6 cm³/mol. The predicted octanol–water partition coefficient (Wildman–Crippen LogP) is 2.88. The number of hydrogen-bond donors (Lipinski definition) is 2. The molecule has 0 bridgehead atoms. The summed E-state index contributed by atoms with van der Waals surface area (Å²) in [4.78, 5) is 24.0. The highest BCUT2D eigenvalue weighted by Crippen LogP contribution is 2.10. The van der Waals surface area contributed by atoms with Gasteiger partial charge in [0.1, 0.15) is 11.6 Å². The Balaban J connectivity index is 2.63. The van der Waals surface area contributed by atoms with E-state index in [9.17, 15) is 9.59 Å². The van der Waals surface area contributed by atoms with Crippen molar-refractivity contribution in [2.75, 3.05) is 17.3 Å². The zero-order chi connectivity index (χ0) is 15.9. The Kier molecular flexibility index (Phi) is 6.55. The third-order valence-corrected chi connectivity index (χ3v) is 3.05. The van der Waals surface area contributed by atoms with Crippen LogP contribution < -0.4 is 10.6 Å². The Morgan fingerprint density at radius 3 is 2.38 bits per heavy atom. The topological polar surface area (TPSA) is 67.4 Å². The number of hydrogen-bond acceptors (Lipinski definition) is 4. The minimum Gasteiger partial charge on any atom is -0.444 e. The van der Waals surface area contributed by atoms with Crippen LogP contribution in [0.4, 0.5) is 10.5 Å². The van der Waals surface area contributed by atoms with Crippen LogP contribution in [-0.4, -0.2) is 35.7 Å².